The zero-order chi connectivity index (χ0) is 13.6. The van der Waals surface area contributed by atoms with Gasteiger partial charge in [-0.15, -0.1) is 0 Å². The molecule has 1 unspecified atom stereocenters. The van der Waals surface area contributed by atoms with E-state index < -0.39 is 0 Å². The van der Waals surface area contributed by atoms with Crippen molar-refractivity contribution in [3.8, 4) is 0 Å². The Hall–Kier alpha value is -0.120. The Morgan fingerprint density at radius 1 is 1.28 bits per heavy atom. The number of methoxy groups -OCH3 is 1. The van der Waals surface area contributed by atoms with Crippen molar-refractivity contribution in [1.82, 2.24) is 10.2 Å². The van der Waals surface area contributed by atoms with E-state index in [1.807, 2.05) is 7.05 Å². The first kappa shape index (κ1) is 15.9. The monoisotopic (exact) mass is 256 g/mol. The van der Waals surface area contributed by atoms with Crippen molar-refractivity contribution in [3.63, 3.8) is 0 Å². The maximum atomic E-state index is 5.59. The van der Waals surface area contributed by atoms with E-state index in [0.717, 1.165) is 12.5 Å². The van der Waals surface area contributed by atoms with Gasteiger partial charge in [0.15, 0.2) is 0 Å². The van der Waals surface area contributed by atoms with E-state index >= 15 is 0 Å². The zero-order valence-electron chi connectivity index (χ0n) is 13.0. The molecular formula is C15H32N2O. The predicted molar refractivity (Wildman–Crippen MR) is 78.0 cm³/mol. The number of hydrogen-bond acceptors (Lipinski definition) is 3. The molecule has 0 aromatic rings. The van der Waals surface area contributed by atoms with Gasteiger partial charge in [-0.05, 0) is 46.7 Å². The van der Waals surface area contributed by atoms with E-state index in [4.69, 9.17) is 4.74 Å². The van der Waals surface area contributed by atoms with Crippen LogP contribution < -0.4 is 5.32 Å². The van der Waals surface area contributed by atoms with Gasteiger partial charge in [-0.25, -0.2) is 0 Å². The van der Waals surface area contributed by atoms with Crippen LogP contribution in [0.3, 0.4) is 0 Å². The molecule has 1 saturated carbocycles. The highest BCUT2D eigenvalue weighted by Gasteiger charge is 2.29. The Morgan fingerprint density at radius 3 is 2.39 bits per heavy atom. The second kappa shape index (κ2) is 7.46. The van der Waals surface area contributed by atoms with Gasteiger partial charge >= 0.3 is 0 Å². The molecule has 1 rings (SSSR count). The minimum absolute atomic E-state index is 0.116. The summed E-state index contributed by atoms with van der Waals surface area (Å²) >= 11 is 0. The fourth-order valence-electron chi connectivity index (χ4n) is 3.00. The third kappa shape index (κ3) is 4.87. The van der Waals surface area contributed by atoms with Crippen molar-refractivity contribution < 1.29 is 4.74 Å². The summed E-state index contributed by atoms with van der Waals surface area (Å²) in [5.74, 6) is 0.909. The molecular weight excluding hydrogens is 224 g/mol. The third-order valence-electron chi connectivity index (χ3n) is 4.50. The molecule has 1 fully saturated rings. The van der Waals surface area contributed by atoms with Crippen LogP contribution in [0.5, 0.6) is 0 Å². The summed E-state index contributed by atoms with van der Waals surface area (Å²) < 4.78 is 5.59. The Morgan fingerprint density at radius 2 is 1.89 bits per heavy atom. The molecule has 1 atom stereocenters. The predicted octanol–water partition coefficient (Wildman–Crippen LogP) is 2.51. The molecule has 1 N–H and O–H groups in total. The minimum Gasteiger partial charge on any atom is -0.377 e. The van der Waals surface area contributed by atoms with E-state index in [9.17, 15) is 0 Å². The summed E-state index contributed by atoms with van der Waals surface area (Å²) in [6.07, 6.45) is 7.13. The zero-order valence-corrected chi connectivity index (χ0v) is 13.0. The van der Waals surface area contributed by atoms with Crippen molar-refractivity contribution in [2.45, 2.75) is 57.6 Å². The van der Waals surface area contributed by atoms with Crippen LogP contribution >= 0.6 is 0 Å². The maximum absolute atomic E-state index is 5.59. The largest absolute Gasteiger partial charge is 0.377 e. The normalized spacial score (nSPS) is 20.3. The van der Waals surface area contributed by atoms with E-state index in [2.05, 4.69) is 31.1 Å². The van der Waals surface area contributed by atoms with Gasteiger partial charge < -0.3 is 15.0 Å². The third-order valence-corrected chi connectivity index (χ3v) is 4.50. The van der Waals surface area contributed by atoms with Crippen LogP contribution in [-0.4, -0.2) is 50.8 Å². The summed E-state index contributed by atoms with van der Waals surface area (Å²) in [6, 6.07) is 0.371. The number of nitrogens with one attached hydrogen (secondary N) is 1. The van der Waals surface area contributed by atoms with Gasteiger partial charge in [0.1, 0.15) is 0 Å². The molecule has 1 aliphatic carbocycles. The molecule has 3 heteroatoms. The van der Waals surface area contributed by atoms with Gasteiger partial charge in [0, 0.05) is 26.2 Å². The molecule has 0 spiro atoms. The quantitative estimate of drug-likeness (QED) is 0.757. The van der Waals surface area contributed by atoms with E-state index in [1.54, 1.807) is 7.11 Å². The molecule has 3 nitrogen and oxygen atoms in total. The van der Waals surface area contributed by atoms with Crippen LogP contribution in [0.1, 0.15) is 46.0 Å². The number of nitrogens with zero attached hydrogens (tertiary/aromatic N) is 1. The van der Waals surface area contributed by atoms with Crippen molar-refractivity contribution in [2.75, 3.05) is 34.3 Å². The van der Waals surface area contributed by atoms with Gasteiger partial charge in [-0.1, -0.05) is 19.3 Å². The Bertz CT molecular complexity index is 225. The first-order chi connectivity index (χ1) is 8.49. The fraction of sp³-hybridized carbons (Fsp3) is 1.00. The molecule has 1 aliphatic rings. The van der Waals surface area contributed by atoms with Crippen LogP contribution in [0, 0.1) is 5.92 Å². The second-order valence-electron chi connectivity index (χ2n) is 6.37. The maximum Gasteiger partial charge on any atom is 0.0787 e. The summed E-state index contributed by atoms with van der Waals surface area (Å²) in [4.78, 5) is 2.47. The lowest BCUT2D eigenvalue weighted by atomic mass is 9.88. The van der Waals surface area contributed by atoms with E-state index in [0.29, 0.717) is 6.04 Å². The number of likely N-dealkylation sites (N-methyl/N-ethyl adjacent to an activating group) is 2. The van der Waals surface area contributed by atoms with Gasteiger partial charge in [-0.3, -0.25) is 0 Å². The lowest BCUT2D eigenvalue weighted by Gasteiger charge is -2.37. The summed E-state index contributed by atoms with van der Waals surface area (Å²) in [5, 5.41) is 3.39. The number of hydrogen-bond donors (Lipinski definition) is 1. The van der Waals surface area contributed by atoms with Crippen molar-refractivity contribution in [2.24, 2.45) is 5.92 Å². The molecule has 18 heavy (non-hydrogen) atoms. The van der Waals surface area contributed by atoms with Crippen molar-refractivity contribution in [1.29, 1.82) is 0 Å². The Labute approximate surface area is 113 Å². The average Bonchev–Trinajstić information content (AvgIpc) is 2.37. The topological polar surface area (TPSA) is 24.5 Å². The Kier molecular flexibility index (Phi) is 6.61. The van der Waals surface area contributed by atoms with Crippen LogP contribution in [-0.2, 0) is 4.74 Å². The molecule has 0 aromatic carbocycles. The molecule has 0 heterocycles. The van der Waals surface area contributed by atoms with E-state index in [1.165, 1.54) is 38.6 Å². The summed E-state index contributed by atoms with van der Waals surface area (Å²) in [7, 11) is 6.07. The smallest absolute Gasteiger partial charge is 0.0787 e. The number of ether oxygens (including phenoxy) is 1. The van der Waals surface area contributed by atoms with Crippen molar-refractivity contribution in [3.05, 3.63) is 0 Å². The second-order valence-corrected chi connectivity index (χ2v) is 6.37. The van der Waals surface area contributed by atoms with Crippen LogP contribution in [0.2, 0.25) is 0 Å². The van der Waals surface area contributed by atoms with Crippen molar-refractivity contribution >= 4 is 0 Å². The van der Waals surface area contributed by atoms with Crippen LogP contribution in [0.15, 0.2) is 0 Å². The van der Waals surface area contributed by atoms with Gasteiger partial charge in [-0.2, -0.15) is 0 Å². The Balaban J connectivity index is 2.39. The summed E-state index contributed by atoms with van der Waals surface area (Å²) in [5.41, 5.74) is -0.116. The molecule has 0 radical (unpaired) electrons. The first-order valence-corrected chi connectivity index (χ1v) is 7.40. The molecule has 0 bridgehead atoms. The minimum atomic E-state index is -0.116. The van der Waals surface area contributed by atoms with Gasteiger partial charge in [0.05, 0.1) is 5.60 Å². The summed E-state index contributed by atoms with van der Waals surface area (Å²) in [6.45, 7) is 6.59. The molecule has 108 valence electrons. The SMILES string of the molecule is CNC(CN(C)CC1CCCCC1)C(C)(C)OC. The van der Waals surface area contributed by atoms with Gasteiger partial charge in [0.25, 0.3) is 0 Å². The highest BCUT2D eigenvalue weighted by atomic mass is 16.5. The standard InChI is InChI=1S/C15H32N2O/c1-15(2,18-5)14(16-3)12-17(4)11-13-9-7-6-8-10-13/h13-14,16H,6-12H2,1-5H3. The lowest BCUT2D eigenvalue weighted by molar-refractivity contribution is -0.0171. The number of rotatable bonds is 7. The van der Waals surface area contributed by atoms with Crippen LogP contribution in [0.4, 0.5) is 0 Å². The highest BCUT2D eigenvalue weighted by Crippen LogP contribution is 2.24. The molecule has 0 aromatic heterocycles. The molecule has 0 amide bonds. The molecule has 0 saturated heterocycles. The van der Waals surface area contributed by atoms with Gasteiger partial charge in [0.2, 0.25) is 0 Å². The first-order valence-electron chi connectivity index (χ1n) is 7.40. The molecule has 0 aliphatic heterocycles. The fourth-order valence-corrected chi connectivity index (χ4v) is 3.00. The van der Waals surface area contributed by atoms with Crippen LogP contribution in [0.25, 0.3) is 0 Å². The van der Waals surface area contributed by atoms with E-state index in [-0.39, 0.29) is 5.60 Å². The average molecular weight is 256 g/mol. The highest BCUT2D eigenvalue weighted by molar-refractivity contribution is 4.87. The lowest BCUT2D eigenvalue weighted by Crippen LogP contribution is -2.53.